The van der Waals surface area contributed by atoms with Crippen LogP contribution < -0.4 is 9.46 Å². The van der Waals surface area contributed by atoms with Gasteiger partial charge in [-0.3, -0.25) is 4.72 Å². The summed E-state index contributed by atoms with van der Waals surface area (Å²) >= 11 is 4.04. The summed E-state index contributed by atoms with van der Waals surface area (Å²) in [7, 11) is -3.41. The van der Waals surface area contributed by atoms with E-state index in [1.165, 1.54) is 12.1 Å². The van der Waals surface area contributed by atoms with Gasteiger partial charge < -0.3 is 4.74 Å². The lowest BCUT2D eigenvalue weighted by Gasteiger charge is -2.12. The molecule has 0 spiro atoms. The third-order valence-corrected chi connectivity index (χ3v) is 4.11. The molecule has 0 radical (unpaired) electrons. The van der Waals surface area contributed by atoms with E-state index in [2.05, 4.69) is 30.0 Å². The molecule has 1 aromatic carbocycles. The molecule has 114 valence electrons. The van der Waals surface area contributed by atoms with E-state index < -0.39 is 21.9 Å². The minimum Gasteiger partial charge on any atom is -0.480 e. The zero-order valence-electron chi connectivity index (χ0n) is 11.0. The van der Waals surface area contributed by atoms with Crippen molar-refractivity contribution in [3.8, 4) is 5.75 Å². The van der Waals surface area contributed by atoms with Crippen LogP contribution in [0.1, 0.15) is 18.9 Å². The van der Waals surface area contributed by atoms with Crippen LogP contribution >= 0.6 is 27.5 Å². The van der Waals surface area contributed by atoms with Crippen LogP contribution in [-0.2, 0) is 10.0 Å². The van der Waals surface area contributed by atoms with Gasteiger partial charge in [-0.05, 0) is 25.1 Å². The Bertz CT molecular complexity index is 751. The molecule has 10 heteroatoms. The Balaban J connectivity index is 2.11. The molecule has 0 aliphatic heterocycles. The Labute approximate surface area is 133 Å². The highest BCUT2D eigenvalue weighted by Gasteiger charge is 2.17. The van der Waals surface area contributed by atoms with E-state index in [0.717, 1.165) is 17.8 Å². The number of sulfonamides is 1. The number of ether oxygens (including phenoxy) is 1. The molecule has 1 N–H and O–H groups in total. The predicted octanol–water partition coefficient (Wildman–Crippen LogP) is 2.95. The van der Waals surface area contributed by atoms with Crippen LogP contribution in [-0.4, -0.2) is 24.0 Å². The Hall–Kier alpha value is -1.26. The molecule has 2 aromatic rings. The zero-order chi connectivity index (χ0) is 15.6. The number of nitrogens with one attached hydrogen (secondary N) is 1. The molecule has 6 nitrogen and oxygen atoms in total. The Morgan fingerprint density at radius 2 is 2.19 bits per heavy atom. The summed E-state index contributed by atoms with van der Waals surface area (Å²) in [5, 5.41) is 0.138. The van der Waals surface area contributed by atoms with Gasteiger partial charge in [0.1, 0.15) is 0 Å². The maximum Gasteiger partial charge on any atom is 0.231 e. The van der Waals surface area contributed by atoms with Gasteiger partial charge in [-0.15, -0.1) is 0 Å². The summed E-state index contributed by atoms with van der Waals surface area (Å²) in [4.78, 5) is 4.00. The second kappa shape index (κ2) is 6.24. The molecule has 0 aliphatic carbocycles. The second-order valence-corrected chi connectivity index (χ2v) is 7.58. The first-order chi connectivity index (χ1) is 9.74. The molecule has 0 amide bonds. The summed E-state index contributed by atoms with van der Waals surface area (Å²) < 4.78 is 48.1. The highest BCUT2D eigenvalue weighted by molar-refractivity contribution is 9.10. The number of nitrogens with zero attached hydrogens (tertiary/aromatic N) is 2. The molecule has 0 aliphatic rings. The van der Waals surface area contributed by atoms with Crippen LogP contribution in [0, 0.1) is 5.82 Å². The van der Waals surface area contributed by atoms with Crippen molar-refractivity contribution in [2.45, 2.75) is 13.0 Å². The molecular formula is C11H11BrFN3O3S2. The average Bonchev–Trinajstić information content (AvgIpc) is 2.78. The van der Waals surface area contributed by atoms with Gasteiger partial charge in [-0.1, -0.05) is 15.9 Å². The number of rotatable bonds is 5. The molecule has 1 aromatic heterocycles. The summed E-state index contributed by atoms with van der Waals surface area (Å²) in [5.41, 5.74) is 0. The van der Waals surface area contributed by atoms with E-state index >= 15 is 0 Å². The Morgan fingerprint density at radius 3 is 2.81 bits per heavy atom. The van der Waals surface area contributed by atoms with Gasteiger partial charge in [-0.25, -0.2) is 12.8 Å². The fraction of sp³-hybridized carbons (Fsp3) is 0.273. The van der Waals surface area contributed by atoms with E-state index in [9.17, 15) is 12.8 Å². The van der Waals surface area contributed by atoms with Crippen LogP contribution in [0.25, 0.3) is 0 Å². The zero-order valence-corrected chi connectivity index (χ0v) is 14.2. The van der Waals surface area contributed by atoms with Gasteiger partial charge in [0.2, 0.25) is 15.2 Å². The quantitative estimate of drug-likeness (QED) is 0.841. The van der Waals surface area contributed by atoms with Crippen molar-refractivity contribution in [2.24, 2.45) is 0 Å². The average molecular weight is 396 g/mol. The maximum atomic E-state index is 13.7. The van der Waals surface area contributed by atoms with E-state index in [1.807, 2.05) is 0 Å². The molecular weight excluding hydrogens is 385 g/mol. The number of benzene rings is 1. The summed E-state index contributed by atoms with van der Waals surface area (Å²) in [6.07, 6.45) is 0.401. The molecule has 0 bridgehead atoms. The van der Waals surface area contributed by atoms with Crippen molar-refractivity contribution in [1.29, 1.82) is 0 Å². The van der Waals surface area contributed by atoms with E-state index in [-0.39, 0.29) is 16.7 Å². The third kappa shape index (κ3) is 4.61. The molecule has 0 saturated carbocycles. The normalized spacial score (nSPS) is 13.0. The van der Waals surface area contributed by atoms with Crippen LogP contribution in [0.3, 0.4) is 0 Å². The van der Waals surface area contributed by atoms with E-state index in [0.29, 0.717) is 4.47 Å². The van der Waals surface area contributed by atoms with Crippen molar-refractivity contribution < 1.29 is 17.5 Å². The van der Waals surface area contributed by atoms with Crippen molar-refractivity contribution >= 4 is 42.6 Å². The van der Waals surface area contributed by atoms with Gasteiger partial charge in [0.05, 0.1) is 6.26 Å². The van der Waals surface area contributed by atoms with Crippen molar-refractivity contribution in [3.05, 3.63) is 34.3 Å². The fourth-order valence-electron chi connectivity index (χ4n) is 1.41. The SMILES string of the molecule is CC(Oc1ccc(Br)cc1F)c1nsc(NS(C)(=O)=O)n1. The van der Waals surface area contributed by atoms with Crippen molar-refractivity contribution in [1.82, 2.24) is 9.36 Å². The molecule has 1 atom stereocenters. The lowest BCUT2D eigenvalue weighted by Crippen LogP contribution is -2.10. The monoisotopic (exact) mass is 395 g/mol. The molecule has 21 heavy (non-hydrogen) atoms. The second-order valence-electron chi connectivity index (χ2n) is 4.17. The number of anilines is 1. The van der Waals surface area contributed by atoms with Crippen LogP contribution in [0.15, 0.2) is 22.7 Å². The smallest absolute Gasteiger partial charge is 0.231 e. The fourth-order valence-corrected chi connectivity index (χ4v) is 3.22. The molecule has 0 saturated heterocycles. The van der Waals surface area contributed by atoms with Gasteiger partial charge in [0.15, 0.2) is 23.5 Å². The predicted molar refractivity (Wildman–Crippen MR) is 81.5 cm³/mol. The highest BCUT2D eigenvalue weighted by Crippen LogP contribution is 2.27. The first-order valence-electron chi connectivity index (χ1n) is 5.68. The molecule has 1 unspecified atom stereocenters. The van der Waals surface area contributed by atoms with Gasteiger partial charge in [0, 0.05) is 16.0 Å². The van der Waals surface area contributed by atoms with Gasteiger partial charge >= 0.3 is 0 Å². The van der Waals surface area contributed by atoms with E-state index in [1.54, 1.807) is 13.0 Å². The number of halogens is 2. The summed E-state index contributed by atoms with van der Waals surface area (Å²) in [6, 6.07) is 4.42. The van der Waals surface area contributed by atoms with Crippen LogP contribution in [0.4, 0.5) is 9.52 Å². The number of hydrogen-bond donors (Lipinski definition) is 1. The highest BCUT2D eigenvalue weighted by atomic mass is 79.9. The van der Waals surface area contributed by atoms with Gasteiger partial charge in [-0.2, -0.15) is 9.36 Å². The Morgan fingerprint density at radius 1 is 1.48 bits per heavy atom. The number of hydrogen-bond acceptors (Lipinski definition) is 6. The standard InChI is InChI=1S/C11H11BrFN3O3S2/c1-6(19-9-4-3-7(12)5-8(9)13)10-14-11(20-15-10)16-21(2,17)18/h3-6H,1-2H3,(H,14,15,16). The van der Waals surface area contributed by atoms with E-state index in [4.69, 9.17) is 4.74 Å². The van der Waals surface area contributed by atoms with Crippen molar-refractivity contribution in [2.75, 3.05) is 11.0 Å². The molecule has 0 fully saturated rings. The first-order valence-corrected chi connectivity index (χ1v) is 9.13. The summed E-state index contributed by atoms with van der Waals surface area (Å²) in [5.74, 6) is -0.174. The minimum atomic E-state index is -3.41. The lowest BCUT2D eigenvalue weighted by molar-refractivity contribution is 0.208. The maximum absolute atomic E-state index is 13.7. The van der Waals surface area contributed by atoms with Crippen LogP contribution in [0.2, 0.25) is 0 Å². The minimum absolute atomic E-state index is 0.0677. The van der Waals surface area contributed by atoms with Crippen molar-refractivity contribution in [3.63, 3.8) is 0 Å². The lowest BCUT2D eigenvalue weighted by atomic mass is 10.3. The molecule has 1 heterocycles. The third-order valence-electron chi connectivity index (χ3n) is 2.28. The Kier molecular flexibility index (Phi) is 4.79. The largest absolute Gasteiger partial charge is 0.480 e. The topological polar surface area (TPSA) is 81.2 Å². The summed E-state index contributed by atoms with van der Waals surface area (Å²) in [6.45, 7) is 1.65. The van der Waals surface area contributed by atoms with Gasteiger partial charge in [0.25, 0.3) is 0 Å². The number of aromatic nitrogens is 2. The van der Waals surface area contributed by atoms with Crippen LogP contribution in [0.5, 0.6) is 5.75 Å². The first kappa shape index (κ1) is 16.1. The molecule has 2 rings (SSSR count).